The Kier molecular flexibility index (Phi) is 5.01. The second-order valence-corrected chi connectivity index (χ2v) is 5.39. The molecule has 0 spiro atoms. The van der Waals surface area contributed by atoms with Gasteiger partial charge in [-0.25, -0.2) is 15.8 Å². The molecule has 0 atom stereocenters. The molecule has 19 heavy (non-hydrogen) atoms. The Labute approximate surface area is 121 Å². The molecule has 1 heterocycles. The third kappa shape index (κ3) is 4.09. The molecule has 2 rings (SSSR count). The summed E-state index contributed by atoms with van der Waals surface area (Å²) in [5, 5.41) is 0.739. The molecule has 1 aromatic heterocycles. The number of aromatic nitrogens is 2. The molecule has 0 radical (unpaired) electrons. The van der Waals surface area contributed by atoms with Crippen LogP contribution in [-0.4, -0.2) is 9.97 Å². The van der Waals surface area contributed by atoms with E-state index in [-0.39, 0.29) is 0 Å². The van der Waals surface area contributed by atoms with E-state index in [2.05, 4.69) is 22.3 Å². The fourth-order valence-corrected chi connectivity index (χ4v) is 2.43. The van der Waals surface area contributed by atoms with E-state index in [1.54, 1.807) is 11.8 Å². The fourth-order valence-electron chi connectivity index (χ4n) is 1.55. The second kappa shape index (κ2) is 6.75. The Morgan fingerprint density at radius 1 is 1.26 bits per heavy atom. The average molecular weight is 295 g/mol. The lowest BCUT2D eigenvalue weighted by Crippen LogP contribution is -2.11. The van der Waals surface area contributed by atoms with Crippen molar-refractivity contribution >= 4 is 29.2 Å². The van der Waals surface area contributed by atoms with Crippen molar-refractivity contribution in [2.75, 3.05) is 5.43 Å². The Hall–Kier alpha value is -1.30. The van der Waals surface area contributed by atoms with Gasteiger partial charge in [-0.15, -0.1) is 11.8 Å². The van der Waals surface area contributed by atoms with Crippen LogP contribution in [0, 0.1) is 0 Å². The first-order valence-electron chi connectivity index (χ1n) is 5.93. The molecular formula is C13H15ClN4S. The Bertz CT molecular complexity index is 523. The number of benzene rings is 1. The highest BCUT2D eigenvalue weighted by Gasteiger charge is 2.04. The van der Waals surface area contributed by atoms with Crippen LogP contribution in [0.1, 0.15) is 18.4 Å². The number of rotatable bonds is 5. The summed E-state index contributed by atoms with van der Waals surface area (Å²) in [4.78, 5) is 9.95. The van der Waals surface area contributed by atoms with Gasteiger partial charge < -0.3 is 5.43 Å². The third-order valence-electron chi connectivity index (χ3n) is 2.52. The van der Waals surface area contributed by atoms with E-state index in [1.165, 1.54) is 0 Å². The first-order valence-corrected chi connectivity index (χ1v) is 7.29. The van der Waals surface area contributed by atoms with E-state index < -0.39 is 0 Å². The molecule has 3 N–H and O–H groups in total. The monoisotopic (exact) mass is 294 g/mol. The molecule has 1 aromatic carbocycles. The van der Waals surface area contributed by atoms with E-state index in [0.29, 0.717) is 11.6 Å². The van der Waals surface area contributed by atoms with Crippen LogP contribution in [0.2, 0.25) is 5.02 Å². The Morgan fingerprint density at radius 2 is 2.00 bits per heavy atom. The summed E-state index contributed by atoms with van der Waals surface area (Å²) in [5.41, 5.74) is 3.55. The molecule has 0 bridgehead atoms. The predicted molar refractivity (Wildman–Crippen MR) is 80.2 cm³/mol. The number of nitrogens with zero attached hydrogens (tertiary/aromatic N) is 2. The third-order valence-corrected chi connectivity index (χ3v) is 3.78. The maximum atomic E-state index is 5.85. The zero-order valence-electron chi connectivity index (χ0n) is 10.6. The molecule has 0 aliphatic heterocycles. The number of nitrogens with one attached hydrogen (secondary N) is 1. The molecule has 0 aliphatic rings. The van der Waals surface area contributed by atoms with Gasteiger partial charge in [0, 0.05) is 21.7 Å². The standard InChI is InChI=1S/C13H15ClN4S/c1-2-10-7-12(18-15)17-13(16-10)8-19-11-5-3-9(14)4-6-11/h3-7H,2,8,15H2,1H3,(H,16,17,18). The maximum absolute atomic E-state index is 5.85. The summed E-state index contributed by atoms with van der Waals surface area (Å²) in [5.74, 6) is 7.53. The van der Waals surface area contributed by atoms with Crippen molar-refractivity contribution in [3.8, 4) is 0 Å². The van der Waals surface area contributed by atoms with Gasteiger partial charge in [-0.1, -0.05) is 18.5 Å². The normalized spacial score (nSPS) is 10.5. The highest BCUT2D eigenvalue weighted by molar-refractivity contribution is 7.98. The highest BCUT2D eigenvalue weighted by atomic mass is 35.5. The number of hydrogen-bond donors (Lipinski definition) is 2. The smallest absolute Gasteiger partial charge is 0.143 e. The number of halogens is 1. The minimum atomic E-state index is 0.651. The van der Waals surface area contributed by atoms with Crippen molar-refractivity contribution in [2.45, 2.75) is 24.0 Å². The van der Waals surface area contributed by atoms with E-state index in [0.717, 1.165) is 27.9 Å². The Morgan fingerprint density at radius 3 is 2.63 bits per heavy atom. The number of anilines is 1. The van der Waals surface area contributed by atoms with Crippen molar-refractivity contribution in [2.24, 2.45) is 5.84 Å². The molecule has 0 aliphatic carbocycles. The highest BCUT2D eigenvalue weighted by Crippen LogP contribution is 2.23. The van der Waals surface area contributed by atoms with Gasteiger partial charge in [0.05, 0.1) is 5.75 Å². The van der Waals surface area contributed by atoms with Crippen molar-refractivity contribution in [1.29, 1.82) is 0 Å². The molecular weight excluding hydrogens is 280 g/mol. The van der Waals surface area contributed by atoms with Gasteiger partial charge in [0.1, 0.15) is 11.6 Å². The largest absolute Gasteiger partial charge is 0.308 e. The molecule has 0 fully saturated rings. The number of aryl methyl sites for hydroxylation is 1. The fraction of sp³-hybridized carbons (Fsp3) is 0.231. The zero-order chi connectivity index (χ0) is 13.7. The lowest BCUT2D eigenvalue weighted by molar-refractivity contribution is 0.938. The molecule has 0 unspecified atom stereocenters. The number of nitrogens with two attached hydrogens (primary N) is 1. The van der Waals surface area contributed by atoms with Crippen LogP contribution >= 0.6 is 23.4 Å². The van der Waals surface area contributed by atoms with Crippen molar-refractivity contribution < 1.29 is 0 Å². The quantitative estimate of drug-likeness (QED) is 0.503. The zero-order valence-corrected chi connectivity index (χ0v) is 12.1. The van der Waals surface area contributed by atoms with Crippen LogP contribution in [0.25, 0.3) is 0 Å². The molecule has 0 amide bonds. The van der Waals surface area contributed by atoms with Crippen molar-refractivity contribution in [1.82, 2.24) is 9.97 Å². The predicted octanol–water partition coefficient (Wildman–Crippen LogP) is 3.27. The number of hydrazine groups is 1. The van der Waals surface area contributed by atoms with Crippen molar-refractivity contribution in [3.05, 3.63) is 46.9 Å². The molecule has 4 nitrogen and oxygen atoms in total. The van der Waals surface area contributed by atoms with Crippen LogP contribution in [0.15, 0.2) is 35.2 Å². The van der Waals surface area contributed by atoms with E-state index in [1.807, 2.05) is 30.3 Å². The average Bonchev–Trinajstić information content (AvgIpc) is 2.46. The van der Waals surface area contributed by atoms with Crippen LogP contribution < -0.4 is 11.3 Å². The second-order valence-electron chi connectivity index (χ2n) is 3.90. The van der Waals surface area contributed by atoms with Crippen LogP contribution in [0.3, 0.4) is 0 Å². The van der Waals surface area contributed by atoms with Gasteiger partial charge >= 0.3 is 0 Å². The summed E-state index contributed by atoms with van der Waals surface area (Å²) in [6.45, 7) is 2.05. The van der Waals surface area contributed by atoms with Gasteiger partial charge in [-0.05, 0) is 30.7 Å². The first kappa shape index (κ1) is 14.1. The summed E-state index contributed by atoms with van der Waals surface area (Å²) in [6, 6.07) is 9.58. The van der Waals surface area contributed by atoms with Crippen LogP contribution in [0.4, 0.5) is 5.82 Å². The van der Waals surface area contributed by atoms with Gasteiger partial charge in [-0.2, -0.15) is 0 Å². The minimum Gasteiger partial charge on any atom is -0.308 e. The number of thioether (sulfide) groups is 1. The summed E-state index contributed by atoms with van der Waals surface area (Å²) < 4.78 is 0. The topological polar surface area (TPSA) is 63.8 Å². The van der Waals surface area contributed by atoms with Gasteiger partial charge in [0.2, 0.25) is 0 Å². The van der Waals surface area contributed by atoms with Gasteiger partial charge in [-0.3, -0.25) is 0 Å². The van der Waals surface area contributed by atoms with Crippen molar-refractivity contribution in [3.63, 3.8) is 0 Å². The Balaban J connectivity index is 2.08. The van der Waals surface area contributed by atoms with E-state index in [4.69, 9.17) is 17.4 Å². The van der Waals surface area contributed by atoms with Gasteiger partial charge in [0.25, 0.3) is 0 Å². The first-order chi connectivity index (χ1) is 9.21. The molecule has 100 valence electrons. The van der Waals surface area contributed by atoms with Gasteiger partial charge in [0.15, 0.2) is 0 Å². The lowest BCUT2D eigenvalue weighted by atomic mass is 10.3. The molecule has 2 aromatic rings. The molecule has 6 heteroatoms. The summed E-state index contributed by atoms with van der Waals surface area (Å²) >= 11 is 7.52. The van der Waals surface area contributed by atoms with Crippen LogP contribution in [-0.2, 0) is 12.2 Å². The maximum Gasteiger partial charge on any atom is 0.143 e. The van der Waals surface area contributed by atoms with Crippen LogP contribution in [0.5, 0.6) is 0 Å². The summed E-state index contributed by atoms with van der Waals surface area (Å²) in [7, 11) is 0. The van der Waals surface area contributed by atoms with E-state index >= 15 is 0 Å². The molecule has 0 saturated carbocycles. The summed E-state index contributed by atoms with van der Waals surface area (Å²) in [6.07, 6.45) is 0.857. The SMILES string of the molecule is CCc1cc(NN)nc(CSc2ccc(Cl)cc2)n1. The number of hydrogen-bond acceptors (Lipinski definition) is 5. The minimum absolute atomic E-state index is 0.651. The lowest BCUT2D eigenvalue weighted by Gasteiger charge is -2.06. The van der Waals surface area contributed by atoms with E-state index in [9.17, 15) is 0 Å². The molecule has 0 saturated heterocycles. The number of nitrogen functional groups attached to an aromatic ring is 1.